The smallest absolute Gasteiger partial charge is 0.0719 e. The van der Waals surface area contributed by atoms with Gasteiger partial charge >= 0.3 is 0 Å². The van der Waals surface area contributed by atoms with E-state index in [0.29, 0.717) is 5.92 Å². The molecular weight excluding hydrogens is 172 g/mol. The number of hydrogen-bond donors (Lipinski definition) is 0. The first-order valence-corrected chi connectivity index (χ1v) is 5.24. The average Bonchev–Trinajstić information content (AvgIpc) is 2.15. The van der Waals surface area contributed by atoms with Crippen molar-refractivity contribution >= 4 is 0 Å². The van der Waals surface area contributed by atoms with E-state index < -0.39 is 0 Å². The molecule has 0 fully saturated rings. The number of fused-ring (bicyclic) bond motifs is 1. The van der Waals surface area contributed by atoms with Gasteiger partial charge < -0.3 is 4.74 Å². The highest BCUT2D eigenvalue weighted by Gasteiger charge is 2.30. The third-order valence-corrected chi connectivity index (χ3v) is 3.02. The maximum Gasteiger partial charge on any atom is 0.0719 e. The molecule has 0 saturated heterocycles. The van der Waals surface area contributed by atoms with Crippen LogP contribution in [-0.4, -0.2) is 6.61 Å². The molecule has 1 aliphatic rings. The van der Waals surface area contributed by atoms with Crippen molar-refractivity contribution in [3.63, 3.8) is 0 Å². The first kappa shape index (κ1) is 9.72. The molecule has 76 valence electrons. The molecule has 0 saturated carbocycles. The fourth-order valence-corrected chi connectivity index (χ4v) is 2.10. The Morgan fingerprint density at radius 3 is 2.64 bits per heavy atom. The lowest BCUT2D eigenvalue weighted by molar-refractivity contribution is 0.0597. The molecule has 1 aliphatic heterocycles. The summed E-state index contributed by atoms with van der Waals surface area (Å²) in [6, 6.07) is 8.64. The molecule has 2 rings (SSSR count). The van der Waals surface area contributed by atoms with Crippen molar-refractivity contribution in [2.45, 2.75) is 33.3 Å². The standard InChI is InChI=1S/C13H18O/c1-13(2,3)12-9-14-8-10-6-4-5-7-11(10)12/h4-7,12H,8-9H2,1-3H3. The molecule has 0 radical (unpaired) electrons. The Morgan fingerprint density at radius 2 is 1.93 bits per heavy atom. The van der Waals surface area contributed by atoms with Gasteiger partial charge in [0.05, 0.1) is 13.2 Å². The van der Waals surface area contributed by atoms with Crippen LogP contribution in [0.5, 0.6) is 0 Å². The van der Waals surface area contributed by atoms with E-state index in [1.165, 1.54) is 11.1 Å². The third kappa shape index (κ3) is 1.69. The van der Waals surface area contributed by atoms with Gasteiger partial charge in [0, 0.05) is 5.92 Å². The molecule has 1 nitrogen and oxygen atoms in total. The highest BCUT2D eigenvalue weighted by Crippen LogP contribution is 2.39. The Labute approximate surface area is 86.1 Å². The van der Waals surface area contributed by atoms with E-state index in [4.69, 9.17) is 4.74 Å². The molecule has 0 spiro atoms. The van der Waals surface area contributed by atoms with E-state index in [-0.39, 0.29) is 5.41 Å². The molecule has 1 heteroatoms. The van der Waals surface area contributed by atoms with E-state index in [1.54, 1.807) is 0 Å². The molecule has 1 aromatic carbocycles. The Morgan fingerprint density at radius 1 is 1.21 bits per heavy atom. The van der Waals surface area contributed by atoms with Crippen LogP contribution in [0.1, 0.15) is 37.8 Å². The first-order valence-electron chi connectivity index (χ1n) is 5.24. The summed E-state index contributed by atoms with van der Waals surface area (Å²) in [4.78, 5) is 0. The van der Waals surface area contributed by atoms with Gasteiger partial charge in [-0.15, -0.1) is 0 Å². The van der Waals surface area contributed by atoms with Gasteiger partial charge in [0.1, 0.15) is 0 Å². The Hall–Kier alpha value is -0.820. The lowest BCUT2D eigenvalue weighted by atomic mass is 9.75. The van der Waals surface area contributed by atoms with E-state index in [2.05, 4.69) is 45.0 Å². The zero-order valence-corrected chi connectivity index (χ0v) is 9.21. The first-order chi connectivity index (χ1) is 6.59. The molecule has 0 aromatic heterocycles. The summed E-state index contributed by atoms with van der Waals surface area (Å²) in [5.74, 6) is 0.535. The predicted molar refractivity (Wildman–Crippen MR) is 58.3 cm³/mol. The summed E-state index contributed by atoms with van der Waals surface area (Å²) in [6.07, 6.45) is 0. The van der Waals surface area contributed by atoms with Crippen LogP contribution in [0.3, 0.4) is 0 Å². The second kappa shape index (κ2) is 3.39. The van der Waals surface area contributed by atoms with Gasteiger partial charge in [-0.1, -0.05) is 45.0 Å². The molecule has 1 unspecified atom stereocenters. The van der Waals surface area contributed by atoms with Crippen LogP contribution in [0.25, 0.3) is 0 Å². The fourth-order valence-electron chi connectivity index (χ4n) is 2.10. The average molecular weight is 190 g/mol. The van der Waals surface area contributed by atoms with E-state index >= 15 is 0 Å². The fraction of sp³-hybridized carbons (Fsp3) is 0.538. The molecular formula is C13H18O. The maximum atomic E-state index is 5.64. The van der Waals surface area contributed by atoms with E-state index in [9.17, 15) is 0 Å². The third-order valence-electron chi connectivity index (χ3n) is 3.02. The van der Waals surface area contributed by atoms with Crippen molar-refractivity contribution < 1.29 is 4.74 Å². The lowest BCUT2D eigenvalue weighted by Gasteiger charge is -2.35. The molecule has 0 aliphatic carbocycles. The second-order valence-electron chi connectivity index (χ2n) is 5.13. The van der Waals surface area contributed by atoms with E-state index in [0.717, 1.165) is 13.2 Å². The van der Waals surface area contributed by atoms with Crippen molar-refractivity contribution in [1.29, 1.82) is 0 Å². The topological polar surface area (TPSA) is 9.23 Å². The Bertz CT molecular complexity index is 322. The number of rotatable bonds is 0. The van der Waals surface area contributed by atoms with E-state index in [1.807, 2.05) is 0 Å². The maximum absolute atomic E-state index is 5.64. The van der Waals surface area contributed by atoms with Crippen molar-refractivity contribution in [3.05, 3.63) is 35.4 Å². The van der Waals surface area contributed by atoms with Crippen LogP contribution in [-0.2, 0) is 11.3 Å². The summed E-state index contributed by atoms with van der Waals surface area (Å²) in [5.41, 5.74) is 3.13. The van der Waals surface area contributed by atoms with Gasteiger partial charge in [0.2, 0.25) is 0 Å². The summed E-state index contributed by atoms with van der Waals surface area (Å²) < 4.78 is 5.64. The van der Waals surface area contributed by atoms with Gasteiger partial charge in [-0.2, -0.15) is 0 Å². The molecule has 0 amide bonds. The van der Waals surface area contributed by atoms with Crippen LogP contribution in [0, 0.1) is 5.41 Å². The highest BCUT2D eigenvalue weighted by molar-refractivity contribution is 5.32. The van der Waals surface area contributed by atoms with Crippen LogP contribution < -0.4 is 0 Å². The normalized spacial score (nSPS) is 21.8. The quantitative estimate of drug-likeness (QED) is 0.609. The van der Waals surface area contributed by atoms with Gasteiger partial charge in [-0.05, 0) is 16.5 Å². The number of ether oxygens (including phenoxy) is 1. The molecule has 1 aromatic rings. The molecule has 1 heterocycles. The molecule has 0 bridgehead atoms. The Kier molecular flexibility index (Phi) is 2.36. The van der Waals surface area contributed by atoms with Crippen LogP contribution in [0.2, 0.25) is 0 Å². The SMILES string of the molecule is CC(C)(C)C1COCc2ccccc21. The molecule has 0 N–H and O–H groups in total. The number of hydrogen-bond acceptors (Lipinski definition) is 1. The minimum atomic E-state index is 0.288. The molecule has 1 atom stereocenters. The molecule has 14 heavy (non-hydrogen) atoms. The second-order valence-corrected chi connectivity index (χ2v) is 5.13. The van der Waals surface area contributed by atoms with Gasteiger partial charge in [-0.25, -0.2) is 0 Å². The largest absolute Gasteiger partial charge is 0.376 e. The number of benzene rings is 1. The summed E-state index contributed by atoms with van der Waals surface area (Å²) in [7, 11) is 0. The minimum absolute atomic E-state index is 0.288. The lowest BCUT2D eigenvalue weighted by Crippen LogP contribution is -2.27. The summed E-state index contributed by atoms with van der Waals surface area (Å²) in [6.45, 7) is 8.48. The van der Waals surface area contributed by atoms with Gasteiger partial charge in [0.15, 0.2) is 0 Å². The zero-order chi connectivity index (χ0) is 10.2. The summed E-state index contributed by atoms with van der Waals surface area (Å²) >= 11 is 0. The summed E-state index contributed by atoms with van der Waals surface area (Å²) in [5, 5.41) is 0. The van der Waals surface area contributed by atoms with Crippen molar-refractivity contribution in [3.8, 4) is 0 Å². The van der Waals surface area contributed by atoms with Crippen molar-refractivity contribution in [2.24, 2.45) is 5.41 Å². The predicted octanol–water partition coefficient (Wildman–Crippen LogP) is 3.35. The zero-order valence-electron chi connectivity index (χ0n) is 9.21. The monoisotopic (exact) mass is 190 g/mol. The van der Waals surface area contributed by atoms with Crippen molar-refractivity contribution in [2.75, 3.05) is 6.61 Å². The highest BCUT2D eigenvalue weighted by atomic mass is 16.5. The minimum Gasteiger partial charge on any atom is -0.376 e. The Balaban J connectivity index is 2.41. The van der Waals surface area contributed by atoms with Gasteiger partial charge in [0.25, 0.3) is 0 Å². The van der Waals surface area contributed by atoms with Crippen LogP contribution in [0.4, 0.5) is 0 Å². The van der Waals surface area contributed by atoms with Crippen LogP contribution in [0.15, 0.2) is 24.3 Å². The van der Waals surface area contributed by atoms with Crippen LogP contribution >= 0.6 is 0 Å². The van der Waals surface area contributed by atoms with Gasteiger partial charge in [-0.3, -0.25) is 0 Å². The van der Waals surface area contributed by atoms with Crippen molar-refractivity contribution in [1.82, 2.24) is 0 Å².